The Bertz CT molecular complexity index is 537. The molecule has 1 N–H and O–H groups in total. The van der Waals surface area contributed by atoms with Crippen molar-refractivity contribution < 1.29 is 0 Å². The Balaban J connectivity index is 2.37. The van der Waals surface area contributed by atoms with Crippen molar-refractivity contribution in [3.63, 3.8) is 0 Å². The largest absolute Gasteiger partial charge is 0.313 e. The van der Waals surface area contributed by atoms with Gasteiger partial charge in [0.25, 0.3) is 0 Å². The van der Waals surface area contributed by atoms with E-state index in [0.29, 0.717) is 0 Å². The van der Waals surface area contributed by atoms with Crippen LogP contribution in [-0.4, -0.2) is 17.0 Å². The first-order chi connectivity index (χ1) is 8.61. The van der Waals surface area contributed by atoms with E-state index in [1.165, 1.54) is 0 Å². The number of rotatable bonds is 3. The molecule has 4 heteroatoms. The lowest BCUT2D eigenvalue weighted by molar-refractivity contribution is 0.641. The Morgan fingerprint density at radius 3 is 2.44 bits per heavy atom. The number of hydrogen-bond acceptors (Lipinski definition) is 3. The predicted octanol–water partition coefficient (Wildman–Crippen LogP) is 3.39. The van der Waals surface area contributed by atoms with Crippen LogP contribution in [0.1, 0.15) is 24.2 Å². The summed E-state index contributed by atoms with van der Waals surface area (Å²) in [6.45, 7) is 4.10. The van der Waals surface area contributed by atoms with Gasteiger partial charge in [0.15, 0.2) is 5.82 Å². The van der Waals surface area contributed by atoms with Gasteiger partial charge in [0.1, 0.15) is 0 Å². The monoisotopic (exact) mass is 261 g/mol. The van der Waals surface area contributed by atoms with Crippen molar-refractivity contribution in [2.45, 2.75) is 19.9 Å². The number of aromatic nitrogens is 2. The van der Waals surface area contributed by atoms with Crippen molar-refractivity contribution in [3.8, 4) is 11.4 Å². The molecule has 0 radical (unpaired) electrons. The van der Waals surface area contributed by atoms with Crippen molar-refractivity contribution in [1.29, 1.82) is 0 Å². The minimum atomic E-state index is 0.254. The molecule has 0 saturated heterocycles. The summed E-state index contributed by atoms with van der Waals surface area (Å²) in [7, 11) is 1.93. The summed E-state index contributed by atoms with van der Waals surface area (Å²) < 4.78 is 0. The van der Waals surface area contributed by atoms with E-state index < -0.39 is 0 Å². The van der Waals surface area contributed by atoms with Crippen LogP contribution in [0.25, 0.3) is 11.4 Å². The van der Waals surface area contributed by atoms with E-state index in [9.17, 15) is 0 Å². The number of benzene rings is 1. The zero-order valence-electron chi connectivity index (χ0n) is 10.7. The lowest BCUT2D eigenvalue weighted by Gasteiger charge is -2.13. The fraction of sp³-hybridized carbons (Fsp3) is 0.286. The van der Waals surface area contributed by atoms with Gasteiger partial charge in [-0.15, -0.1) is 0 Å². The molecule has 1 unspecified atom stereocenters. The molecule has 1 aromatic heterocycles. The van der Waals surface area contributed by atoms with Crippen molar-refractivity contribution in [1.82, 2.24) is 15.3 Å². The molecule has 0 bridgehead atoms. The highest BCUT2D eigenvalue weighted by Gasteiger charge is 2.09. The van der Waals surface area contributed by atoms with Crippen molar-refractivity contribution in [3.05, 3.63) is 46.7 Å². The average Bonchev–Trinajstić information content (AvgIpc) is 2.38. The number of aryl methyl sites for hydroxylation is 1. The smallest absolute Gasteiger partial charge is 0.159 e. The SMILES string of the molecule is CNC(C)c1cnc(-c2ccc(Cl)cc2)nc1C. The molecule has 1 heterocycles. The van der Waals surface area contributed by atoms with Gasteiger partial charge in [-0.05, 0) is 45.2 Å². The average molecular weight is 262 g/mol. The molecule has 94 valence electrons. The number of nitrogens with one attached hydrogen (secondary N) is 1. The maximum absolute atomic E-state index is 5.87. The molecule has 0 aliphatic heterocycles. The van der Waals surface area contributed by atoms with Gasteiger partial charge >= 0.3 is 0 Å². The van der Waals surface area contributed by atoms with Crippen LogP contribution in [0.15, 0.2) is 30.5 Å². The summed E-state index contributed by atoms with van der Waals surface area (Å²) in [6.07, 6.45) is 1.88. The molecular formula is C14H16ClN3. The quantitative estimate of drug-likeness (QED) is 0.920. The summed E-state index contributed by atoms with van der Waals surface area (Å²) in [5.74, 6) is 0.733. The highest BCUT2D eigenvalue weighted by atomic mass is 35.5. The van der Waals surface area contributed by atoms with E-state index in [2.05, 4.69) is 22.2 Å². The first-order valence-electron chi connectivity index (χ1n) is 5.88. The van der Waals surface area contributed by atoms with Crippen LogP contribution in [0, 0.1) is 6.92 Å². The summed E-state index contributed by atoms with van der Waals surface area (Å²) in [6, 6.07) is 7.81. The van der Waals surface area contributed by atoms with Crippen LogP contribution >= 0.6 is 11.6 Å². The van der Waals surface area contributed by atoms with Crippen LogP contribution < -0.4 is 5.32 Å². The second kappa shape index (κ2) is 5.46. The third-order valence-electron chi connectivity index (χ3n) is 3.02. The van der Waals surface area contributed by atoms with E-state index in [1.54, 1.807) is 0 Å². The lowest BCUT2D eigenvalue weighted by Crippen LogP contribution is -2.14. The standard InChI is InChI=1S/C14H16ClN3/c1-9(16-3)13-8-17-14(18-10(13)2)11-4-6-12(15)7-5-11/h4-9,16H,1-3H3. The van der Waals surface area contributed by atoms with Gasteiger partial charge in [0.2, 0.25) is 0 Å². The summed E-state index contributed by atoms with van der Waals surface area (Å²) in [4.78, 5) is 8.96. The van der Waals surface area contributed by atoms with E-state index in [1.807, 2.05) is 44.4 Å². The van der Waals surface area contributed by atoms with Crippen LogP contribution in [0.4, 0.5) is 0 Å². The van der Waals surface area contributed by atoms with E-state index in [4.69, 9.17) is 11.6 Å². The van der Waals surface area contributed by atoms with Gasteiger partial charge in [-0.1, -0.05) is 11.6 Å². The Hall–Kier alpha value is -1.45. The molecule has 2 rings (SSSR count). The molecule has 18 heavy (non-hydrogen) atoms. The molecule has 2 aromatic rings. The van der Waals surface area contributed by atoms with Gasteiger partial charge in [0.05, 0.1) is 0 Å². The summed E-state index contributed by atoms with van der Waals surface area (Å²) in [5, 5.41) is 3.91. The van der Waals surface area contributed by atoms with Crippen LogP contribution in [0.5, 0.6) is 0 Å². The van der Waals surface area contributed by atoms with Crippen LogP contribution in [-0.2, 0) is 0 Å². The minimum Gasteiger partial charge on any atom is -0.313 e. The van der Waals surface area contributed by atoms with E-state index >= 15 is 0 Å². The van der Waals surface area contributed by atoms with E-state index in [-0.39, 0.29) is 6.04 Å². The Morgan fingerprint density at radius 2 is 1.89 bits per heavy atom. The third-order valence-corrected chi connectivity index (χ3v) is 3.27. The number of hydrogen-bond donors (Lipinski definition) is 1. The molecule has 3 nitrogen and oxygen atoms in total. The number of halogens is 1. The van der Waals surface area contributed by atoms with Crippen LogP contribution in [0.3, 0.4) is 0 Å². The van der Waals surface area contributed by atoms with Gasteiger partial charge in [-0.25, -0.2) is 9.97 Å². The predicted molar refractivity (Wildman–Crippen MR) is 74.7 cm³/mol. The second-order valence-corrected chi connectivity index (χ2v) is 4.69. The first kappa shape index (κ1) is 13.0. The Labute approximate surface area is 112 Å². The molecule has 0 fully saturated rings. The highest BCUT2D eigenvalue weighted by Crippen LogP contribution is 2.21. The lowest BCUT2D eigenvalue weighted by atomic mass is 10.1. The first-order valence-corrected chi connectivity index (χ1v) is 6.26. The van der Waals surface area contributed by atoms with Gasteiger partial charge in [-0.2, -0.15) is 0 Å². The Kier molecular flexibility index (Phi) is 3.94. The van der Waals surface area contributed by atoms with Crippen molar-refractivity contribution >= 4 is 11.6 Å². The van der Waals surface area contributed by atoms with Crippen molar-refractivity contribution in [2.75, 3.05) is 7.05 Å². The second-order valence-electron chi connectivity index (χ2n) is 4.25. The zero-order valence-corrected chi connectivity index (χ0v) is 11.5. The van der Waals surface area contributed by atoms with Crippen LogP contribution in [0.2, 0.25) is 5.02 Å². The summed E-state index contributed by atoms with van der Waals surface area (Å²) in [5.41, 5.74) is 3.10. The van der Waals surface area contributed by atoms with E-state index in [0.717, 1.165) is 27.7 Å². The van der Waals surface area contributed by atoms with Crippen molar-refractivity contribution in [2.24, 2.45) is 0 Å². The maximum atomic E-state index is 5.87. The molecule has 0 saturated carbocycles. The normalized spacial score (nSPS) is 12.4. The molecular weight excluding hydrogens is 246 g/mol. The maximum Gasteiger partial charge on any atom is 0.159 e. The highest BCUT2D eigenvalue weighted by molar-refractivity contribution is 6.30. The molecule has 0 spiro atoms. The topological polar surface area (TPSA) is 37.8 Å². The zero-order chi connectivity index (χ0) is 13.1. The molecule has 0 aliphatic carbocycles. The summed E-state index contributed by atoms with van der Waals surface area (Å²) >= 11 is 5.87. The fourth-order valence-corrected chi connectivity index (χ4v) is 1.92. The molecule has 1 atom stereocenters. The van der Waals surface area contributed by atoms with Gasteiger partial charge < -0.3 is 5.32 Å². The van der Waals surface area contributed by atoms with Gasteiger partial charge in [-0.3, -0.25) is 0 Å². The molecule has 0 aliphatic rings. The fourth-order valence-electron chi connectivity index (χ4n) is 1.80. The number of nitrogens with zero attached hydrogens (tertiary/aromatic N) is 2. The molecule has 1 aromatic carbocycles. The third kappa shape index (κ3) is 2.68. The van der Waals surface area contributed by atoms with Gasteiger partial charge in [0, 0.05) is 34.1 Å². The molecule has 0 amide bonds. The minimum absolute atomic E-state index is 0.254. The Morgan fingerprint density at radius 1 is 1.22 bits per heavy atom.